The maximum absolute atomic E-state index is 12.8. The molecule has 0 radical (unpaired) electrons. The zero-order chi connectivity index (χ0) is 15.1. The smallest absolute Gasteiger partial charge is 0.123 e. The van der Waals surface area contributed by atoms with Crippen LogP contribution in [0.25, 0.3) is 0 Å². The van der Waals surface area contributed by atoms with Crippen LogP contribution >= 0.6 is 0 Å². The molecule has 0 saturated carbocycles. The Morgan fingerprint density at radius 2 is 1.67 bits per heavy atom. The van der Waals surface area contributed by atoms with Crippen LogP contribution in [0.1, 0.15) is 17.9 Å². The van der Waals surface area contributed by atoms with Gasteiger partial charge in [-0.1, -0.05) is 12.1 Å². The van der Waals surface area contributed by atoms with Gasteiger partial charge in [-0.05, 0) is 42.0 Å². The third kappa shape index (κ3) is 4.22. The first kappa shape index (κ1) is 14.9. The molecular formula is C17H16FNO2. The van der Waals surface area contributed by atoms with Crippen LogP contribution in [-0.2, 0) is 0 Å². The molecule has 1 unspecified atom stereocenters. The van der Waals surface area contributed by atoms with Crippen molar-refractivity contribution >= 4 is 0 Å². The van der Waals surface area contributed by atoms with Crippen molar-refractivity contribution in [1.82, 2.24) is 0 Å². The standard InChI is InChI=1S/C17H16FNO2/c1-20-16-6-2-13(3-7-16)14(12-19)10-11-21-17-8-4-15(18)5-9-17/h2-9,14H,10-11H2,1H3. The van der Waals surface area contributed by atoms with Crippen LogP contribution in [-0.4, -0.2) is 13.7 Å². The van der Waals surface area contributed by atoms with Crippen molar-refractivity contribution in [3.63, 3.8) is 0 Å². The SMILES string of the molecule is COc1ccc(C(C#N)CCOc2ccc(F)cc2)cc1. The van der Waals surface area contributed by atoms with Gasteiger partial charge in [0, 0.05) is 6.42 Å². The van der Waals surface area contributed by atoms with E-state index in [1.807, 2.05) is 24.3 Å². The van der Waals surface area contributed by atoms with E-state index in [0.717, 1.165) is 11.3 Å². The van der Waals surface area contributed by atoms with Crippen LogP contribution in [0.3, 0.4) is 0 Å². The van der Waals surface area contributed by atoms with Gasteiger partial charge in [-0.15, -0.1) is 0 Å². The molecule has 0 amide bonds. The number of nitriles is 1. The zero-order valence-corrected chi connectivity index (χ0v) is 11.8. The minimum Gasteiger partial charge on any atom is -0.497 e. The lowest BCUT2D eigenvalue weighted by molar-refractivity contribution is 0.305. The molecule has 4 heteroatoms. The van der Waals surface area contributed by atoms with Gasteiger partial charge in [-0.25, -0.2) is 4.39 Å². The summed E-state index contributed by atoms with van der Waals surface area (Å²) in [6.45, 7) is 0.399. The normalized spacial score (nSPS) is 11.5. The third-order valence-electron chi connectivity index (χ3n) is 3.16. The Kier molecular flexibility index (Phi) is 5.16. The maximum Gasteiger partial charge on any atom is 0.123 e. The predicted molar refractivity (Wildman–Crippen MR) is 77.9 cm³/mol. The molecule has 3 nitrogen and oxygen atoms in total. The number of nitrogens with zero attached hydrogens (tertiary/aromatic N) is 1. The number of ether oxygens (including phenoxy) is 2. The van der Waals surface area contributed by atoms with Gasteiger partial charge in [0.05, 0.1) is 25.7 Å². The van der Waals surface area contributed by atoms with E-state index in [9.17, 15) is 9.65 Å². The second-order valence-corrected chi connectivity index (χ2v) is 4.55. The highest BCUT2D eigenvalue weighted by molar-refractivity contribution is 5.32. The fourth-order valence-corrected chi connectivity index (χ4v) is 1.97. The molecule has 0 saturated heterocycles. The Balaban J connectivity index is 1.90. The average molecular weight is 285 g/mol. The second-order valence-electron chi connectivity index (χ2n) is 4.55. The molecule has 0 spiro atoms. The number of hydrogen-bond acceptors (Lipinski definition) is 3. The molecule has 0 aliphatic heterocycles. The Hall–Kier alpha value is -2.54. The highest BCUT2D eigenvalue weighted by Crippen LogP contribution is 2.22. The van der Waals surface area contributed by atoms with E-state index in [-0.39, 0.29) is 11.7 Å². The van der Waals surface area contributed by atoms with Crippen molar-refractivity contribution in [3.05, 3.63) is 59.9 Å². The van der Waals surface area contributed by atoms with E-state index in [1.165, 1.54) is 12.1 Å². The quantitative estimate of drug-likeness (QED) is 0.808. The summed E-state index contributed by atoms with van der Waals surface area (Å²) in [5, 5.41) is 9.25. The minimum absolute atomic E-state index is 0.239. The molecule has 0 bridgehead atoms. The fourth-order valence-electron chi connectivity index (χ4n) is 1.97. The molecule has 2 aromatic rings. The molecule has 1 atom stereocenters. The molecular weight excluding hydrogens is 269 g/mol. The molecule has 0 fully saturated rings. The summed E-state index contributed by atoms with van der Waals surface area (Å²) in [5.74, 6) is 0.827. The first-order valence-corrected chi connectivity index (χ1v) is 6.65. The van der Waals surface area contributed by atoms with Crippen LogP contribution < -0.4 is 9.47 Å². The van der Waals surface area contributed by atoms with Crippen molar-refractivity contribution in [2.75, 3.05) is 13.7 Å². The summed E-state index contributed by atoms with van der Waals surface area (Å²) in [4.78, 5) is 0. The molecule has 108 valence electrons. The summed E-state index contributed by atoms with van der Waals surface area (Å²) in [7, 11) is 1.60. The highest BCUT2D eigenvalue weighted by atomic mass is 19.1. The lowest BCUT2D eigenvalue weighted by Gasteiger charge is -2.11. The molecule has 0 aromatic heterocycles. The highest BCUT2D eigenvalue weighted by Gasteiger charge is 2.11. The van der Waals surface area contributed by atoms with Gasteiger partial charge < -0.3 is 9.47 Å². The van der Waals surface area contributed by atoms with Gasteiger partial charge in [-0.3, -0.25) is 0 Å². The Bertz CT molecular complexity index is 602. The number of rotatable bonds is 6. The van der Waals surface area contributed by atoms with Crippen LogP contribution in [0.5, 0.6) is 11.5 Å². The number of methoxy groups -OCH3 is 1. The van der Waals surface area contributed by atoms with Gasteiger partial charge in [-0.2, -0.15) is 5.26 Å². The van der Waals surface area contributed by atoms with Gasteiger partial charge in [0.25, 0.3) is 0 Å². The minimum atomic E-state index is -0.296. The summed E-state index contributed by atoms with van der Waals surface area (Å²) in [5.41, 5.74) is 0.931. The molecule has 2 aromatic carbocycles. The first-order valence-electron chi connectivity index (χ1n) is 6.65. The van der Waals surface area contributed by atoms with Crippen molar-refractivity contribution in [2.45, 2.75) is 12.3 Å². The molecule has 0 aliphatic carbocycles. The van der Waals surface area contributed by atoms with E-state index in [2.05, 4.69) is 6.07 Å². The number of hydrogen-bond donors (Lipinski definition) is 0. The summed E-state index contributed by atoms with van der Waals surface area (Å²) in [6, 6.07) is 15.5. The van der Waals surface area contributed by atoms with Gasteiger partial charge in [0.2, 0.25) is 0 Å². The zero-order valence-electron chi connectivity index (χ0n) is 11.8. The third-order valence-corrected chi connectivity index (χ3v) is 3.16. The van der Waals surface area contributed by atoms with E-state index in [0.29, 0.717) is 18.8 Å². The van der Waals surface area contributed by atoms with Crippen molar-refractivity contribution in [3.8, 4) is 17.6 Å². The monoisotopic (exact) mass is 285 g/mol. The molecule has 2 rings (SSSR count). The van der Waals surface area contributed by atoms with Gasteiger partial charge >= 0.3 is 0 Å². The lowest BCUT2D eigenvalue weighted by atomic mass is 9.97. The summed E-state index contributed by atoms with van der Waals surface area (Å²) in [6.07, 6.45) is 0.570. The van der Waals surface area contributed by atoms with E-state index < -0.39 is 0 Å². The van der Waals surface area contributed by atoms with Crippen LogP contribution in [0, 0.1) is 17.1 Å². The van der Waals surface area contributed by atoms with E-state index in [4.69, 9.17) is 9.47 Å². The number of halogens is 1. The first-order chi connectivity index (χ1) is 10.2. The Morgan fingerprint density at radius 3 is 2.24 bits per heavy atom. The number of benzene rings is 2. The topological polar surface area (TPSA) is 42.2 Å². The predicted octanol–water partition coefficient (Wildman–Crippen LogP) is 3.91. The van der Waals surface area contributed by atoms with Gasteiger partial charge in [0.1, 0.15) is 17.3 Å². The average Bonchev–Trinajstić information content (AvgIpc) is 2.53. The summed E-state index contributed by atoms with van der Waals surface area (Å²) >= 11 is 0. The van der Waals surface area contributed by atoms with Crippen LogP contribution in [0.15, 0.2) is 48.5 Å². The van der Waals surface area contributed by atoms with E-state index in [1.54, 1.807) is 19.2 Å². The van der Waals surface area contributed by atoms with Crippen molar-refractivity contribution < 1.29 is 13.9 Å². The van der Waals surface area contributed by atoms with Crippen molar-refractivity contribution in [2.24, 2.45) is 0 Å². The molecule has 0 aliphatic rings. The largest absolute Gasteiger partial charge is 0.497 e. The van der Waals surface area contributed by atoms with Crippen LogP contribution in [0.2, 0.25) is 0 Å². The molecule has 21 heavy (non-hydrogen) atoms. The van der Waals surface area contributed by atoms with E-state index >= 15 is 0 Å². The maximum atomic E-state index is 12.8. The molecule has 0 N–H and O–H groups in total. The lowest BCUT2D eigenvalue weighted by Crippen LogP contribution is -2.04. The Morgan fingerprint density at radius 1 is 1.05 bits per heavy atom. The van der Waals surface area contributed by atoms with Crippen molar-refractivity contribution in [1.29, 1.82) is 5.26 Å². The fraction of sp³-hybridized carbons (Fsp3) is 0.235. The second kappa shape index (κ2) is 7.30. The van der Waals surface area contributed by atoms with Gasteiger partial charge in [0.15, 0.2) is 0 Å². The Labute approximate surface area is 123 Å². The summed E-state index contributed by atoms with van der Waals surface area (Å²) < 4.78 is 23.4. The van der Waals surface area contributed by atoms with Crippen LogP contribution in [0.4, 0.5) is 4.39 Å². The molecule has 0 heterocycles.